The van der Waals surface area contributed by atoms with Crippen LogP contribution in [-0.2, 0) is 11.3 Å². The fourth-order valence-electron chi connectivity index (χ4n) is 4.81. The molecule has 0 radical (unpaired) electrons. The number of carbonyl (C=O) groups excluding carboxylic acids is 1. The molecular weight excluding hydrogens is 398 g/mol. The Kier molecular flexibility index (Phi) is 8.19. The fourth-order valence-corrected chi connectivity index (χ4v) is 4.81. The van der Waals surface area contributed by atoms with Crippen molar-refractivity contribution in [2.45, 2.75) is 33.2 Å². The number of para-hydroxylation sites is 1. The van der Waals surface area contributed by atoms with Gasteiger partial charge in [-0.2, -0.15) is 0 Å². The lowest BCUT2D eigenvalue weighted by Crippen LogP contribution is -2.38. The minimum atomic E-state index is 0.162. The van der Waals surface area contributed by atoms with Gasteiger partial charge in [0.25, 0.3) is 0 Å². The smallest absolute Gasteiger partial charge is 0.219 e. The highest BCUT2D eigenvalue weighted by Crippen LogP contribution is 2.38. The van der Waals surface area contributed by atoms with E-state index in [1.807, 2.05) is 17.0 Å². The number of ether oxygens (including phenoxy) is 1. The molecule has 174 valence electrons. The maximum absolute atomic E-state index is 12.4. The van der Waals surface area contributed by atoms with Crippen LogP contribution in [0.25, 0.3) is 0 Å². The van der Waals surface area contributed by atoms with E-state index >= 15 is 0 Å². The van der Waals surface area contributed by atoms with E-state index in [-0.39, 0.29) is 5.91 Å². The molecule has 2 atom stereocenters. The summed E-state index contributed by atoms with van der Waals surface area (Å²) in [6.07, 6.45) is 0. The summed E-state index contributed by atoms with van der Waals surface area (Å²) in [5, 5.41) is 0. The van der Waals surface area contributed by atoms with Crippen molar-refractivity contribution >= 4 is 11.6 Å². The third-order valence-electron chi connectivity index (χ3n) is 6.40. The Morgan fingerprint density at radius 1 is 1.09 bits per heavy atom. The molecule has 1 heterocycles. The molecule has 2 aromatic rings. The molecule has 1 amide bonds. The van der Waals surface area contributed by atoms with Crippen molar-refractivity contribution in [2.75, 3.05) is 52.3 Å². The number of rotatable bonds is 9. The fraction of sp³-hybridized carbons (Fsp3) is 0.519. The third-order valence-corrected chi connectivity index (χ3v) is 6.40. The summed E-state index contributed by atoms with van der Waals surface area (Å²) in [5.74, 6) is 2.26. The summed E-state index contributed by atoms with van der Waals surface area (Å²) < 4.78 is 5.71. The van der Waals surface area contributed by atoms with E-state index < -0.39 is 0 Å². The molecule has 1 saturated heterocycles. The van der Waals surface area contributed by atoms with Crippen molar-refractivity contribution in [1.82, 2.24) is 9.80 Å². The summed E-state index contributed by atoms with van der Waals surface area (Å²) in [7, 11) is 5.87. The van der Waals surface area contributed by atoms with Gasteiger partial charge in [0.05, 0.1) is 7.11 Å². The highest BCUT2D eigenvalue weighted by Gasteiger charge is 2.36. The van der Waals surface area contributed by atoms with Gasteiger partial charge in [-0.25, -0.2) is 0 Å². The summed E-state index contributed by atoms with van der Waals surface area (Å²) in [6.45, 7) is 10.5. The lowest BCUT2D eigenvalue weighted by molar-refractivity contribution is -0.130. The number of benzene rings is 2. The van der Waals surface area contributed by atoms with Crippen LogP contribution in [0.15, 0.2) is 48.5 Å². The maximum Gasteiger partial charge on any atom is 0.219 e. The summed E-state index contributed by atoms with van der Waals surface area (Å²) in [5.41, 5.74) is 3.78. The van der Waals surface area contributed by atoms with Gasteiger partial charge in [0.1, 0.15) is 5.75 Å². The highest BCUT2D eigenvalue weighted by atomic mass is 16.5. The van der Waals surface area contributed by atoms with E-state index in [4.69, 9.17) is 4.74 Å². The van der Waals surface area contributed by atoms with E-state index in [1.165, 1.54) is 16.8 Å². The predicted molar refractivity (Wildman–Crippen MR) is 132 cm³/mol. The number of hydrogen-bond acceptors (Lipinski definition) is 4. The zero-order valence-corrected chi connectivity index (χ0v) is 20.5. The normalized spacial score (nSPS) is 18.7. The second kappa shape index (κ2) is 10.9. The van der Waals surface area contributed by atoms with Crippen molar-refractivity contribution in [2.24, 2.45) is 11.8 Å². The summed E-state index contributed by atoms with van der Waals surface area (Å²) in [4.78, 5) is 19.1. The van der Waals surface area contributed by atoms with E-state index in [0.717, 1.165) is 38.5 Å². The first-order valence-corrected chi connectivity index (χ1v) is 11.7. The average Bonchev–Trinajstić information content (AvgIpc) is 3.15. The highest BCUT2D eigenvalue weighted by molar-refractivity contribution is 5.73. The van der Waals surface area contributed by atoms with Crippen molar-refractivity contribution in [1.29, 1.82) is 0 Å². The molecule has 0 bridgehead atoms. The number of anilines is 1. The van der Waals surface area contributed by atoms with E-state index in [0.29, 0.717) is 17.8 Å². The van der Waals surface area contributed by atoms with Crippen molar-refractivity contribution in [3.8, 4) is 5.75 Å². The summed E-state index contributed by atoms with van der Waals surface area (Å²) in [6, 6.07) is 17.2. The van der Waals surface area contributed by atoms with Gasteiger partial charge in [0.2, 0.25) is 5.91 Å². The third kappa shape index (κ3) is 6.04. The zero-order chi connectivity index (χ0) is 23.3. The first-order chi connectivity index (χ1) is 15.3. The van der Waals surface area contributed by atoms with Gasteiger partial charge in [-0.3, -0.25) is 9.69 Å². The van der Waals surface area contributed by atoms with Crippen molar-refractivity contribution in [3.63, 3.8) is 0 Å². The minimum absolute atomic E-state index is 0.162. The van der Waals surface area contributed by atoms with Gasteiger partial charge in [0.15, 0.2) is 0 Å². The Morgan fingerprint density at radius 3 is 2.38 bits per heavy atom. The van der Waals surface area contributed by atoms with Gasteiger partial charge < -0.3 is 14.5 Å². The van der Waals surface area contributed by atoms with Crippen molar-refractivity contribution < 1.29 is 9.53 Å². The molecule has 0 saturated carbocycles. The quantitative estimate of drug-likeness (QED) is 0.579. The standard InChI is InChI=1S/C27H39N3O2/c1-20(2)15-30(21(3)31)18-23-17-29(16-22-11-13-24(14-12-22)28(4)5)19-26(23)25-9-7-8-10-27(25)32-6/h7-14,20,23,26H,15-19H2,1-6H3. The first-order valence-electron chi connectivity index (χ1n) is 11.7. The van der Waals surface area contributed by atoms with Crippen LogP contribution in [0.5, 0.6) is 5.75 Å². The van der Waals surface area contributed by atoms with Crippen LogP contribution in [0, 0.1) is 11.8 Å². The Hall–Kier alpha value is -2.53. The molecule has 0 N–H and O–H groups in total. The maximum atomic E-state index is 12.4. The van der Waals surface area contributed by atoms with E-state index in [9.17, 15) is 4.79 Å². The molecule has 5 heteroatoms. The Labute approximate surface area is 194 Å². The van der Waals surface area contributed by atoms with Gasteiger partial charge in [-0.05, 0) is 41.2 Å². The van der Waals surface area contributed by atoms with E-state index in [1.54, 1.807) is 14.0 Å². The molecule has 1 aliphatic rings. The van der Waals surface area contributed by atoms with Crippen LogP contribution in [0.4, 0.5) is 5.69 Å². The molecule has 1 aliphatic heterocycles. The Bertz CT molecular complexity index is 879. The molecule has 2 aromatic carbocycles. The van der Waals surface area contributed by atoms with Gasteiger partial charge in [0, 0.05) is 65.3 Å². The van der Waals surface area contributed by atoms with Crippen LogP contribution in [0.3, 0.4) is 0 Å². The lowest BCUT2D eigenvalue weighted by atomic mass is 9.87. The molecule has 1 fully saturated rings. The lowest BCUT2D eigenvalue weighted by Gasteiger charge is -2.29. The number of amides is 1. The Morgan fingerprint density at radius 2 is 1.78 bits per heavy atom. The molecule has 0 spiro atoms. The second-order valence-corrected chi connectivity index (χ2v) is 9.68. The monoisotopic (exact) mass is 437 g/mol. The molecule has 32 heavy (non-hydrogen) atoms. The van der Waals surface area contributed by atoms with Crippen LogP contribution in [0.1, 0.15) is 37.8 Å². The summed E-state index contributed by atoms with van der Waals surface area (Å²) >= 11 is 0. The van der Waals surface area contributed by atoms with Gasteiger partial charge in [-0.15, -0.1) is 0 Å². The van der Waals surface area contributed by atoms with Gasteiger partial charge >= 0.3 is 0 Å². The minimum Gasteiger partial charge on any atom is -0.496 e. The number of likely N-dealkylation sites (tertiary alicyclic amines) is 1. The SMILES string of the molecule is COc1ccccc1C1CN(Cc2ccc(N(C)C)cc2)CC1CN(CC(C)C)C(C)=O. The Balaban J connectivity index is 1.82. The predicted octanol–water partition coefficient (Wildman–Crippen LogP) is 4.48. The number of nitrogens with zero attached hydrogens (tertiary/aromatic N) is 3. The zero-order valence-electron chi connectivity index (χ0n) is 20.5. The van der Waals surface area contributed by atoms with Gasteiger partial charge in [-0.1, -0.05) is 44.2 Å². The van der Waals surface area contributed by atoms with Crippen molar-refractivity contribution in [3.05, 3.63) is 59.7 Å². The average molecular weight is 438 g/mol. The molecule has 5 nitrogen and oxygen atoms in total. The van der Waals surface area contributed by atoms with Crippen LogP contribution in [-0.4, -0.2) is 63.1 Å². The van der Waals surface area contributed by atoms with Crippen LogP contribution < -0.4 is 9.64 Å². The molecule has 0 aliphatic carbocycles. The van der Waals surface area contributed by atoms with Crippen LogP contribution >= 0.6 is 0 Å². The van der Waals surface area contributed by atoms with Crippen LogP contribution in [0.2, 0.25) is 0 Å². The number of carbonyl (C=O) groups is 1. The molecular formula is C27H39N3O2. The second-order valence-electron chi connectivity index (χ2n) is 9.68. The molecule has 3 rings (SSSR count). The molecule has 2 unspecified atom stereocenters. The topological polar surface area (TPSA) is 36.0 Å². The molecule has 0 aromatic heterocycles. The van der Waals surface area contributed by atoms with E-state index in [2.05, 4.69) is 74.1 Å². The number of methoxy groups -OCH3 is 1. The number of hydrogen-bond donors (Lipinski definition) is 0. The largest absolute Gasteiger partial charge is 0.496 e. The first kappa shape index (κ1) is 24.1.